The number of carbonyl (C=O) groups is 2. The summed E-state index contributed by atoms with van der Waals surface area (Å²) in [6.07, 6.45) is 4.90. The smallest absolute Gasteiger partial charge is 0.290 e. The summed E-state index contributed by atoms with van der Waals surface area (Å²) in [6.45, 7) is 0. The fourth-order valence-corrected chi connectivity index (χ4v) is 3.37. The number of hydrogen-bond acceptors (Lipinski definition) is 5. The number of thioether (sulfide) groups is 1. The van der Waals surface area contributed by atoms with Gasteiger partial charge in [-0.15, -0.1) is 0 Å². The van der Waals surface area contributed by atoms with Crippen molar-refractivity contribution in [3.8, 4) is 11.1 Å². The molecule has 24 heavy (non-hydrogen) atoms. The van der Waals surface area contributed by atoms with Crippen molar-refractivity contribution in [2.45, 2.75) is 0 Å². The van der Waals surface area contributed by atoms with Crippen LogP contribution in [0.25, 0.3) is 28.2 Å². The quantitative estimate of drug-likeness (QED) is 0.686. The Morgan fingerprint density at radius 2 is 2.00 bits per heavy atom. The predicted octanol–water partition coefficient (Wildman–Crippen LogP) is 4.47. The second-order valence-electron chi connectivity index (χ2n) is 5.09. The van der Waals surface area contributed by atoms with E-state index in [4.69, 9.17) is 16.0 Å². The van der Waals surface area contributed by atoms with E-state index in [2.05, 4.69) is 10.3 Å². The summed E-state index contributed by atoms with van der Waals surface area (Å²) < 4.78 is 5.87. The molecule has 1 saturated heterocycles. The Balaban J connectivity index is 1.84. The van der Waals surface area contributed by atoms with E-state index in [9.17, 15) is 9.59 Å². The third kappa shape index (κ3) is 2.60. The highest BCUT2D eigenvalue weighted by atomic mass is 35.5. The summed E-state index contributed by atoms with van der Waals surface area (Å²) in [6, 6.07) is 9.19. The molecule has 0 spiro atoms. The Hall–Kier alpha value is -2.57. The van der Waals surface area contributed by atoms with Crippen LogP contribution in [0, 0.1) is 0 Å². The van der Waals surface area contributed by atoms with E-state index in [1.54, 1.807) is 30.6 Å². The minimum atomic E-state index is -0.421. The lowest BCUT2D eigenvalue weighted by Gasteiger charge is -2.04. The number of nitrogens with zero attached hydrogens (tertiary/aromatic N) is 1. The van der Waals surface area contributed by atoms with Gasteiger partial charge in [0.05, 0.1) is 4.91 Å². The Morgan fingerprint density at radius 3 is 2.75 bits per heavy atom. The fourth-order valence-electron chi connectivity index (χ4n) is 2.48. The SMILES string of the molecule is O=C1NC(=O)/C(=C/c2cc3cncc(-c4ccccc4Cl)c3o2)S1. The number of halogens is 1. The van der Waals surface area contributed by atoms with Gasteiger partial charge in [0.1, 0.15) is 11.3 Å². The molecule has 7 heteroatoms. The molecule has 1 aliphatic rings. The lowest BCUT2D eigenvalue weighted by molar-refractivity contribution is -0.115. The van der Waals surface area contributed by atoms with Crippen LogP contribution >= 0.6 is 23.4 Å². The van der Waals surface area contributed by atoms with E-state index in [1.807, 2.05) is 18.2 Å². The van der Waals surface area contributed by atoms with Gasteiger partial charge in [0.25, 0.3) is 11.1 Å². The first-order chi connectivity index (χ1) is 11.6. The van der Waals surface area contributed by atoms with Gasteiger partial charge in [0.15, 0.2) is 0 Å². The van der Waals surface area contributed by atoms with Crippen molar-refractivity contribution >= 4 is 51.6 Å². The van der Waals surface area contributed by atoms with E-state index >= 15 is 0 Å². The van der Waals surface area contributed by atoms with Gasteiger partial charge in [-0.1, -0.05) is 29.8 Å². The Labute approximate surface area is 145 Å². The van der Waals surface area contributed by atoms with Gasteiger partial charge in [-0.25, -0.2) is 0 Å². The Kier molecular flexibility index (Phi) is 3.63. The molecular weight excluding hydrogens is 348 g/mol. The van der Waals surface area contributed by atoms with Gasteiger partial charge in [-0.2, -0.15) is 0 Å². The maximum Gasteiger partial charge on any atom is 0.290 e. The second kappa shape index (κ2) is 5.81. The summed E-state index contributed by atoms with van der Waals surface area (Å²) in [4.78, 5) is 27.4. The van der Waals surface area contributed by atoms with E-state index in [1.165, 1.54) is 0 Å². The van der Waals surface area contributed by atoms with E-state index in [0.717, 1.165) is 28.3 Å². The number of amides is 2. The number of hydrogen-bond donors (Lipinski definition) is 1. The number of nitrogens with one attached hydrogen (secondary N) is 1. The molecule has 118 valence electrons. The van der Waals surface area contributed by atoms with Crippen molar-refractivity contribution in [1.82, 2.24) is 10.3 Å². The Bertz CT molecular complexity index is 1030. The summed E-state index contributed by atoms with van der Waals surface area (Å²) in [5.41, 5.74) is 2.20. The third-order valence-corrected chi connectivity index (χ3v) is 4.66. The highest BCUT2D eigenvalue weighted by molar-refractivity contribution is 8.18. The van der Waals surface area contributed by atoms with Gasteiger partial charge >= 0.3 is 0 Å². The van der Waals surface area contributed by atoms with Gasteiger partial charge in [-0.05, 0) is 23.9 Å². The standard InChI is InChI=1S/C17H9ClN2O3S/c18-13-4-2-1-3-11(13)12-8-19-7-9-5-10(23-15(9)12)6-14-16(21)20-17(22)24-14/h1-8H,(H,20,21,22)/b14-6-. The van der Waals surface area contributed by atoms with Gasteiger partial charge in [0.2, 0.25) is 0 Å². The number of rotatable bonds is 2. The molecule has 0 atom stereocenters. The van der Waals surface area contributed by atoms with Crippen molar-refractivity contribution in [3.05, 3.63) is 58.4 Å². The van der Waals surface area contributed by atoms with Crippen LogP contribution in [-0.4, -0.2) is 16.1 Å². The number of carbonyl (C=O) groups excluding carboxylic acids is 2. The molecule has 2 amide bonds. The first kappa shape index (κ1) is 15.0. The van der Waals surface area contributed by atoms with Crippen LogP contribution in [0.1, 0.15) is 5.76 Å². The molecular formula is C17H9ClN2O3S. The molecule has 5 nitrogen and oxygen atoms in total. The van der Waals surface area contributed by atoms with Crippen molar-refractivity contribution in [2.75, 3.05) is 0 Å². The Morgan fingerprint density at radius 1 is 1.17 bits per heavy atom. The fraction of sp³-hybridized carbons (Fsp3) is 0. The molecule has 0 unspecified atom stereocenters. The lowest BCUT2D eigenvalue weighted by atomic mass is 10.1. The average molecular weight is 357 g/mol. The van der Waals surface area contributed by atoms with Gasteiger partial charge in [-0.3, -0.25) is 19.9 Å². The molecule has 2 aromatic heterocycles. The van der Waals surface area contributed by atoms with Crippen LogP contribution in [0.3, 0.4) is 0 Å². The van der Waals surface area contributed by atoms with E-state index < -0.39 is 5.91 Å². The summed E-state index contributed by atoms with van der Waals surface area (Å²) in [7, 11) is 0. The van der Waals surface area contributed by atoms with E-state index in [0.29, 0.717) is 21.3 Å². The molecule has 3 aromatic rings. The minimum Gasteiger partial charge on any atom is -0.456 e. The minimum absolute atomic E-state index is 0.298. The lowest BCUT2D eigenvalue weighted by Crippen LogP contribution is -2.17. The highest BCUT2D eigenvalue weighted by Gasteiger charge is 2.25. The molecule has 1 fully saturated rings. The zero-order valence-corrected chi connectivity index (χ0v) is 13.6. The maximum absolute atomic E-state index is 11.6. The van der Waals surface area contributed by atoms with Crippen LogP contribution in [0.5, 0.6) is 0 Å². The number of imide groups is 1. The van der Waals surface area contributed by atoms with Gasteiger partial charge < -0.3 is 4.42 Å². The zero-order chi connectivity index (χ0) is 16.7. The van der Waals surface area contributed by atoms with Crippen LogP contribution in [-0.2, 0) is 4.79 Å². The number of pyridine rings is 1. The summed E-state index contributed by atoms with van der Waals surface area (Å²) in [5, 5.41) is 3.21. The number of aromatic nitrogens is 1. The maximum atomic E-state index is 11.6. The molecule has 0 bridgehead atoms. The van der Waals surface area contributed by atoms with E-state index in [-0.39, 0.29) is 5.24 Å². The number of fused-ring (bicyclic) bond motifs is 1. The second-order valence-corrected chi connectivity index (χ2v) is 6.51. The highest BCUT2D eigenvalue weighted by Crippen LogP contribution is 2.35. The first-order valence-corrected chi connectivity index (χ1v) is 8.18. The normalized spacial score (nSPS) is 16.1. The van der Waals surface area contributed by atoms with Gasteiger partial charge in [0, 0.05) is 40.0 Å². The molecule has 1 N–H and O–H groups in total. The van der Waals surface area contributed by atoms with Crippen molar-refractivity contribution in [2.24, 2.45) is 0 Å². The zero-order valence-electron chi connectivity index (χ0n) is 12.1. The van der Waals surface area contributed by atoms with Crippen molar-refractivity contribution < 1.29 is 14.0 Å². The average Bonchev–Trinajstić information content (AvgIpc) is 3.10. The molecule has 3 heterocycles. The third-order valence-electron chi connectivity index (χ3n) is 3.52. The molecule has 4 rings (SSSR count). The molecule has 0 saturated carbocycles. The van der Waals surface area contributed by atoms with Crippen LogP contribution in [0.4, 0.5) is 4.79 Å². The topological polar surface area (TPSA) is 72.2 Å². The summed E-state index contributed by atoms with van der Waals surface area (Å²) >= 11 is 7.11. The van der Waals surface area contributed by atoms with Crippen LogP contribution < -0.4 is 5.32 Å². The molecule has 1 aliphatic heterocycles. The first-order valence-electron chi connectivity index (χ1n) is 6.99. The number of furan rings is 1. The monoisotopic (exact) mass is 356 g/mol. The predicted molar refractivity (Wildman–Crippen MR) is 93.6 cm³/mol. The van der Waals surface area contributed by atoms with Crippen molar-refractivity contribution in [1.29, 1.82) is 0 Å². The molecule has 0 aliphatic carbocycles. The summed E-state index contributed by atoms with van der Waals surface area (Å²) in [5.74, 6) is 0.0496. The van der Waals surface area contributed by atoms with Crippen molar-refractivity contribution in [3.63, 3.8) is 0 Å². The largest absolute Gasteiger partial charge is 0.456 e. The van der Waals surface area contributed by atoms with Crippen LogP contribution in [0.2, 0.25) is 5.02 Å². The number of benzene rings is 1. The molecule has 1 aromatic carbocycles. The molecule has 0 radical (unpaired) electrons. The van der Waals surface area contributed by atoms with Crippen LogP contribution in [0.15, 0.2) is 52.0 Å².